The van der Waals surface area contributed by atoms with Gasteiger partial charge in [0.25, 0.3) is 5.69 Å². The summed E-state index contributed by atoms with van der Waals surface area (Å²) in [6.45, 7) is 7.02. The first-order chi connectivity index (χ1) is 13.8. The average Bonchev–Trinajstić information content (AvgIpc) is 2.67. The van der Waals surface area contributed by atoms with Crippen molar-refractivity contribution in [1.29, 1.82) is 0 Å². The van der Waals surface area contributed by atoms with Crippen LogP contribution in [0.3, 0.4) is 0 Å². The molecule has 1 aromatic rings. The molecule has 0 aliphatic rings. The SMILES string of the molecule is CCC/C=C(\C(=O)CCC)N(/N=C(\C)C(=O)OCC)c1cc(Cl)ccc1[N+](=O)[O-]. The number of ketones is 1. The fourth-order valence-corrected chi connectivity index (χ4v) is 2.61. The topological polar surface area (TPSA) is 102 Å². The van der Waals surface area contributed by atoms with Gasteiger partial charge in [0, 0.05) is 17.5 Å². The van der Waals surface area contributed by atoms with Gasteiger partial charge in [0.15, 0.2) is 5.78 Å². The van der Waals surface area contributed by atoms with Crippen molar-refractivity contribution in [1.82, 2.24) is 0 Å². The minimum Gasteiger partial charge on any atom is -0.461 e. The predicted octanol–water partition coefficient (Wildman–Crippen LogP) is 5.05. The van der Waals surface area contributed by atoms with Gasteiger partial charge in [0.2, 0.25) is 0 Å². The summed E-state index contributed by atoms with van der Waals surface area (Å²) in [5.41, 5.74) is -0.185. The number of nitro benzene ring substituents is 1. The summed E-state index contributed by atoms with van der Waals surface area (Å²) in [4.78, 5) is 35.9. The maximum atomic E-state index is 12.8. The number of unbranched alkanes of at least 4 members (excludes halogenated alkanes) is 1. The molecular weight excluding hydrogens is 398 g/mol. The molecule has 0 N–H and O–H groups in total. The lowest BCUT2D eigenvalue weighted by atomic mass is 10.1. The fraction of sp³-hybridized carbons (Fsp3) is 0.450. The summed E-state index contributed by atoms with van der Waals surface area (Å²) < 4.78 is 4.95. The van der Waals surface area contributed by atoms with E-state index in [2.05, 4.69) is 5.10 Å². The third-order valence-corrected chi connectivity index (χ3v) is 4.04. The Morgan fingerprint density at radius 1 is 1.28 bits per heavy atom. The highest BCUT2D eigenvalue weighted by atomic mass is 35.5. The number of nitro groups is 1. The van der Waals surface area contributed by atoms with Crippen LogP contribution < -0.4 is 5.01 Å². The molecule has 9 heteroatoms. The van der Waals surface area contributed by atoms with Crippen molar-refractivity contribution in [3.63, 3.8) is 0 Å². The van der Waals surface area contributed by atoms with Gasteiger partial charge >= 0.3 is 5.97 Å². The highest BCUT2D eigenvalue weighted by Gasteiger charge is 2.27. The number of benzene rings is 1. The molecule has 0 amide bonds. The predicted molar refractivity (Wildman–Crippen MR) is 113 cm³/mol. The maximum Gasteiger partial charge on any atom is 0.354 e. The minimum atomic E-state index is -0.681. The number of Topliss-reactive ketones (excluding diaryl/α,β-unsaturated/α-hetero) is 1. The molecule has 0 atom stereocenters. The minimum absolute atomic E-state index is 0.00189. The zero-order valence-corrected chi connectivity index (χ0v) is 17.9. The first kappa shape index (κ1) is 24.3. The van der Waals surface area contributed by atoms with E-state index in [1.165, 1.54) is 25.1 Å². The lowest BCUT2D eigenvalue weighted by molar-refractivity contribution is -0.384. The van der Waals surface area contributed by atoms with E-state index in [-0.39, 0.29) is 46.6 Å². The quantitative estimate of drug-likeness (QED) is 0.162. The summed E-state index contributed by atoms with van der Waals surface area (Å²) in [6, 6.07) is 3.97. The van der Waals surface area contributed by atoms with Crippen molar-refractivity contribution in [3.05, 3.63) is 45.1 Å². The normalized spacial score (nSPS) is 11.9. The van der Waals surface area contributed by atoms with Gasteiger partial charge in [-0.25, -0.2) is 9.80 Å². The number of hydrazone groups is 1. The van der Waals surface area contributed by atoms with E-state index in [9.17, 15) is 19.7 Å². The van der Waals surface area contributed by atoms with E-state index in [1.54, 1.807) is 13.0 Å². The monoisotopic (exact) mass is 423 g/mol. The highest BCUT2D eigenvalue weighted by Crippen LogP contribution is 2.34. The van der Waals surface area contributed by atoms with Crippen molar-refractivity contribution in [2.24, 2.45) is 5.10 Å². The second kappa shape index (κ2) is 12.0. The molecule has 0 radical (unpaired) electrons. The van der Waals surface area contributed by atoms with Gasteiger partial charge in [-0.15, -0.1) is 0 Å². The Morgan fingerprint density at radius 2 is 1.97 bits per heavy atom. The zero-order chi connectivity index (χ0) is 22.0. The number of nitrogens with zero attached hydrogens (tertiary/aromatic N) is 3. The van der Waals surface area contributed by atoms with Gasteiger partial charge in [-0.3, -0.25) is 14.9 Å². The Hall–Kier alpha value is -2.74. The molecule has 0 fully saturated rings. The number of carbonyl (C=O) groups excluding carboxylic acids is 2. The molecule has 0 unspecified atom stereocenters. The number of hydrogen-bond donors (Lipinski definition) is 0. The van der Waals surface area contributed by atoms with E-state index in [1.807, 2.05) is 13.8 Å². The Bertz CT molecular complexity index is 820. The molecule has 0 aromatic heterocycles. The second-order valence-corrected chi connectivity index (χ2v) is 6.60. The van der Waals surface area contributed by atoms with Gasteiger partial charge in [0.05, 0.1) is 11.5 Å². The van der Waals surface area contributed by atoms with Crippen LogP contribution >= 0.6 is 11.6 Å². The largest absolute Gasteiger partial charge is 0.461 e. The Balaban J connectivity index is 3.72. The number of anilines is 1. The molecule has 0 bridgehead atoms. The van der Waals surface area contributed by atoms with Crippen LogP contribution in [0.5, 0.6) is 0 Å². The molecule has 1 aromatic carbocycles. The van der Waals surface area contributed by atoms with Crippen molar-refractivity contribution in [2.75, 3.05) is 11.6 Å². The maximum absolute atomic E-state index is 12.8. The van der Waals surface area contributed by atoms with Crippen LogP contribution in [0.2, 0.25) is 5.02 Å². The van der Waals surface area contributed by atoms with E-state index in [0.29, 0.717) is 12.8 Å². The standard InChI is InChI=1S/C20H26ClN3O5/c1-5-8-10-17(19(25)9-6-2)23(22-14(4)20(26)29-7-3)18-13-15(21)11-12-16(18)24(27)28/h10-13H,5-9H2,1-4H3/b17-10+,22-14+. The molecule has 8 nitrogen and oxygen atoms in total. The Kier molecular flexibility index (Phi) is 10.0. The van der Waals surface area contributed by atoms with Crippen molar-refractivity contribution < 1.29 is 19.2 Å². The zero-order valence-electron chi connectivity index (χ0n) is 17.1. The molecule has 0 saturated heterocycles. The van der Waals surface area contributed by atoms with Crippen LogP contribution in [0.15, 0.2) is 35.1 Å². The molecule has 0 aliphatic heterocycles. The lowest BCUT2D eigenvalue weighted by Crippen LogP contribution is -2.27. The van der Waals surface area contributed by atoms with Crippen molar-refractivity contribution in [3.8, 4) is 0 Å². The third-order valence-electron chi connectivity index (χ3n) is 3.80. The fourth-order valence-electron chi connectivity index (χ4n) is 2.44. The van der Waals surface area contributed by atoms with E-state index in [0.717, 1.165) is 11.4 Å². The van der Waals surface area contributed by atoms with Gasteiger partial charge in [-0.1, -0.05) is 37.9 Å². The highest BCUT2D eigenvalue weighted by molar-refractivity contribution is 6.35. The van der Waals surface area contributed by atoms with Crippen molar-refractivity contribution >= 4 is 40.4 Å². The summed E-state index contributed by atoms with van der Waals surface area (Å²) in [5.74, 6) is -0.921. The van der Waals surface area contributed by atoms with Gasteiger partial charge in [0.1, 0.15) is 17.1 Å². The lowest BCUT2D eigenvalue weighted by Gasteiger charge is -2.22. The average molecular weight is 424 g/mol. The molecule has 0 heterocycles. The third kappa shape index (κ3) is 6.98. The smallest absolute Gasteiger partial charge is 0.354 e. The number of esters is 1. The number of ether oxygens (including phenoxy) is 1. The van der Waals surface area contributed by atoms with Crippen LogP contribution in [0.1, 0.15) is 53.4 Å². The van der Waals surface area contributed by atoms with Gasteiger partial charge in [-0.05, 0) is 38.8 Å². The van der Waals surface area contributed by atoms with E-state index < -0.39 is 10.9 Å². The molecule has 29 heavy (non-hydrogen) atoms. The van der Waals surface area contributed by atoms with Crippen LogP contribution in [0.4, 0.5) is 11.4 Å². The van der Waals surface area contributed by atoms with Crippen LogP contribution in [0.25, 0.3) is 0 Å². The number of hydrogen-bond acceptors (Lipinski definition) is 7. The van der Waals surface area contributed by atoms with Crippen LogP contribution in [0, 0.1) is 10.1 Å². The molecule has 0 saturated carbocycles. The molecule has 158 valence electrons. The van der Waals surface area contributed by atoms with Crippen LogP contribution in [-0.2, 0) is 14.3 Å². The summed E-state index contributed by atoms with van der Waals surface area (Å²) in [5, 5.41) is 17.2. The second-order valence-electron chi connectivity index (χ2n) is 6.16. The summed E-state index contributed by atoms with van der Waals surface area (Å²) >= 11 is 6.07. The van der Waals surface area contributed by atoms with Crippen molar-refractivity contribution in [2.45, 2.75) is 53.4 Å². The van der Waals surface area contributed by atoms with Gasteiger partial charge in [-0.2, -0.15) is 5.10 Å². The summed E-state index contributed by atoms with van der Waals surface area (Å²) in [6.07, 6.45) is 3.81. The first-order valence-corrected chi connectivity index (χ1v) is 9.84. The molecule has 0 spiro atoms. The molecule has 1 rings (SSSR count). The number of carbonyl (C=O) groups is 2. The Morgan fingerprint density at radius 3 is 2.52 bits per heavy atom. The van der Waals surface area contributed by atoms with Gasteiger partial charge < -0.3 is 4.74 Å². The van der Waals surface area contributed by atoms with E-state index in [4.69, 9.17) is 16.3 Å². The molecule has 0 aliphatic carbocycles. The molecular formula is C20H26ClN3O5. The number of halogens is 1. The summed E-state index contributed by atoms with van der Waals surface area (Å²) in [7, 11) is 0. The number of rotatable bonds is 11. The first-order valence-electron chi connectivity index (χ1n) is 9.46. The Labute approximate surface area is 175 Å². The number of allylic oxidation sites excluding steroid dienone is 2. The van der Waals surface area contributed by atoms with Crippen LogP contribution in [-0.4, -0.2) is 29.0 Å². The van der Waals surface area contributed by atoms with E-state index >= 15 is 0 Å².